The Kier molecular flexibility index (Phi) is 4.26. The number of nitrogens with two attached hydrogens (primary N) is 1. The molecule has 3 amide bonds. The van der Waals surface area contributed by atoms with Crippen LogP contribution in [0.2, 0.25) is 0 Å². The molecule has 0 atom stereocenters. The Morgan fingerprint density at radius 3 is 2.32 bits per heavy atom. The number of nitrogens with zero attached hydrogens (tertiary/aromatic N) is 1. The third-order valence-corrected chi connectivity index (χ3v) is 3.87. The highest BCUT2D eigenvalue weighted by atomic mass is 16.2. The van der Waals surface area contributed by atoms with Crippen molar-refractivity contribution in [3.05, 3.63) is 60.7 Å². The summed E-state index contributed by atoms with van der Waals surface area (Å²) in [5, 5.41) is 0. The summed E-state index contributed by atoms with van der Waals surface area (Å²) in [6.45, 7) is 7.00. The molecule has 114 valence electrons. The Morgan fingerprint density at radius 1 is 1.18 bits per heavy atom. The number of hydrogen-bond acceptors (Lipinski definition) is 3. The SMILES string of the molecule is C=CCC1(CC=C)C(=O)N(CC(N)=O)C(=O)c2ccccc21. The van der Waals surface area contributed by atoms with Crippen LogP contribution in [-0.2, 0) is 15.0 Å². The molecular weight excluding hydrogens is 280 g/mol. The second-order valence-electron chi connectivity index (χ2n) is 5.28. The molecule has 0 bridgehead atoms. The largest absolute Gasteiger partial charge is 0.368 e. The van der Waals surface area contributed by atoms with Gasteiger partial charge in [0.2, 0.25) is 11.8 Å². The predicted octanol–water partition coefficient (Wildman–Crippen LogP) is 1.54. The zero-order valence-corrected chi connectivity index (χ0v) is 12.2. The molecule has 1 aliphatic rings. The highest BCUT2D eigenvalue weighted by Crippen LogP contribution is 2.40. The number of primary amides is 1. The van der Waals surface area contributed by atoms with Gasteiger partial charge < -0.3 is 5.73 Å². The standard InChI is InChI=1S/C17H18N2O3/c1-3-9-17(10-4-2)13-8-6-5-7-12(13)15(21)19(16(17)22)11-14(18)20/h3-8H,1-2,9-11H2,(H2,18,20). The Balaban J connectivity index is 2.69. The Morgan fingerprint density at radius 2 is 1.77 bits per heavy atom. The van der Waals surface area contributed by atoms with E-state index in [0.717, 1.165) is 4.90 Å². The van der Waals surface area contributed by atoms with Gasteiger partial charge in [0.25, 0.3) is 5.91 Å². The van der Waals surface area contributed by atoms with Gasteiger partial charge in [-0.25, -0.2) is 0 Å². The first-order valence-corrected chi connectivity index (χ1v) is 6.94. The molecule has 1 aliphatic heterocycles. The molecule has 0 saturated heterocycles. The van der Waals surface area contributed by atoms with Crippen molar-refractivity contribution in [3.8, 4) is 0 Å². The molecule has 0 radical (unpaired) electrons. The van der Waals surface area contributed by atoms with Crippen molar-refractivity contribution < 1.29 is 14.4 Å². The lowest BCUT2D eigenvalue weighted by atomic mass is 9.69. The highest BCUT2D eigenvalue weighted by Gasteiger charge is 2.49. The molecule has 5 nitrogen and oxygen atoms in total. The van der Waals surface area contributed by atoms with E-state index in [1.165, 1.54) is 0 Å². The van der Waals surface area contributed by atoms with Crippen LogP contribution < -0.4 is 5.73 Å². The van der Waals surface area contributed by atoms with Gasteiger partial charge in [-0.15, -0.1) is 13.2 Å². The minimum absolute atomic E-state index is 0.345. The molecule has 0 fully saturated rings. The van der Waals surface area contributed by atoms with Crippen LogP contribution in [0.1, 0.15) is 28.8 Å². The first kappa shape index (κ1) is 15.7. The maximum Gasteiger partial charge on any atom is 0.261 e. The number of fused-ring (bicyclic) bond motifs is 1. The lowest BCUT2D eigenvalue weighted by molar-refractivity contribution is -0.138. The van der Waals surface area contributed by atoms with Crippen molar-refractivity contribution in [1.29, 1.82) is 0 Å². The number of amides is 3. The molecule has 0 spiro atoms. The Bertz CT molecular complexity index is 654. The molecule has 1 aromatic rings. The van der Waals surface area contributed by atoms with Gasteiger partial charge in [-0.1, -0.05) is 30.4 Å². The van der Waals surface area contributed by atoms with Gasteiger partial charge in [0.1, 0.15) is 6.54 Å². The lowest BCUT2D eigenvalue weighted by Crippen LogP contribution is -2.56. The molecule has 2 rings (SSSR count). The molecule has 1 heterocycles. The fraction of sp³-hybridized carbons (Fsp3) is 0.235. The van der Waals surface area contributed by atoms with Crippen LogP contribution in [0.25, 0.3) is 0 Å². The second-order valence-corrected chi connectivity index (χ2v) is 5.28. The smallest absolute Gasteiger partial charge is 0.261 e. The topological polar surface area (TPSA) is 80.5 Å². The van der Waals surface area contributed by atoms with E-state index >= 15 is 0 Å². The number of rotatable bonds is 6. The molecule has 0 aromatic heterocycles. The van der Waals surface area contributed by atoms with E-state index in [1.807, 2.05) is 0 Å². The fourth-order valence-corrected chi connectivity index (χ4v) is 2.97. The summed E-state index contributed by atoms with van der Waals surface area (Å²) in [5.41, 5.74) is 5.26. The van der Waals surface area contributed by atoms with Crippen LogP contribution >= 0.6 is 0 Å². The summed E-state index contributed by atoms with van der Waals surface area (Å²) in [7, 11) is 0. The summed E-state index contributed by atoms with van der Waals surface area (Å²) >= 11 is 0. The molecule has 5 heteroatoms. The number of imide groups is 1. The van der Waals surface area contributed by atoms with Crippen molar-refractivity contribution in [2.45, 2.75) is 18.3 Å². The second kappa shape index (κ2) is 5.97. The molecule has 1 aromatic carbocycles. The van der Waals surface area contributed by atoms with Gasteiger partial charge in [0, 0.05) is 5.56 Å². The molecule has 0 aliphatic carbocycles. The van der Waals surface area contributed by atoms with Crippen molar-refractivity contribution in [2.75, 3.05) is 6.54 Å². The monoisotopic (exact) mass is 298 g/mol. The lowest BCUT2D eigenvalue weighted by Gasteiger charge is -2.40. The quantitative estimate of drug-likeness (QED) is 0.639. The maximum absolute atomic E-state index is 12.9. The minimum Gasteiger partial charge on any atom is -0.368 e. The summed E-state index contributed by atoms with van der Waals surface area (Å²) < 4.78 is 0. The van der Waals surface area contributed by atoms with E-state index in [-0.39, 0.29) is 0 Å². The van der Waals surface area contributed by atoms with Crippen molar-refractivity contribution in [1.82, 2.24) is 4.90 Å². The van der Waals surface area contributed by atoms with Crippen molar-refractivity contribution in [3.63, 3.8) is 0 Å². The average molecular weight is 298 g/mol. The number of carbonyl (C=O) groups excluding carboxylic acids is 3. The molecule has 0 saturated carbocycles. The van der Waals surface area contributed by atoms with E-state index in [1.54, 1.807) is 36.4 Å². The zero-order chi connectivity index (χ0) is 16.3. The van der Waals surface area contributed by atoms with Crippen molar-refractivity contribution >= 4 is 17.7 Å². The Hall–Kier alpha value is -2.69. The molecular formula is C17H18N2O3. The number of allylic oxidation sites excluding steroid dienone is 2. The highest BCUT2D eigenvalue weighted by molar-refractivity contribution is 6.14. The predicted molar refractivity (Wildman–Crippen MR) is 83.0 cm³/mol. The van der Waals surface area contributed by atoms with Crippen LogP contribution in [-0.4, -0.2) is 29.2 Å². The molecule has 22 heavy (non-hydrogen) atoms. The van der Waals surface area contributed by atoms with Crippen LogP contribution in [0.15, 0.2) is 49.6 Å². The van der Waals surface area contributed by atoms with E-state index in [4.69, 9.17) is 5.73 Å². The van der Waals surface area contributed by atoms with Crippen molar-refractivity contribution in [2.24, 2.45) is 5.73 Å². The third-order valence-electron chi connectivity index (χ3n) is 3.87. The zero-order valence-electron chi connectivity index (χ0n) is 12.2. The van der Waals surface area contributed by atoms with E-state index in [2.05, 4.69) is 13.2 Å². The molecule has 0 unspecified atom stereocenters. The van der Waals surface area contributed by atoms with Gasteiger partial charge in [-0.3, -0.25) is 19.3 Å². The van der Waals surface area contributed by atoms with Crippen LogP contribution in [0, 0.1) is 0 Å². The number of hydrogen-bond donors (Lipinski definition) is 1. The maximum atomic E-state index is 12.9. The van der Waals surface area contributed by atoms with E-state index in [9.17, 15) is 14.4 Å². The van der Waals surface area contributed by atoms with Gasteiger partial charge >= 0.3 is 0 Å². The average Bonchev–Trinajstić information content (AvgIpc) is 2.49. The van der Waals surface area contributed by atoms with Gasteiger partial charge in [-0.2, -0.15) is 0 Å². The van der Waals surface area contributed by atoms with Crippen LogP contribution in [0.5, 0.6) is 0 Å². The van der Waals surface area contributed by atoms with Gasteiger partial charge in [0.15, 0.2) is 0 Å². The van der Waals surface area contributed by atoms with Gasteiger partial charge in [0.05, 0.1) is 5.41 Å². The summed E-state index contributed by atoms with van der Waals surface area (Å²) in [6, 6.07) is 6.92. The number of benzene rings is 1. The van der Waals surface area contributed by atoms with E-state index < -0.39 is 29.7 Å². The first-order valence-electron chi connectivity index (χ1n) is 6.94. The third kappa shape index (κ3) is 2.35. The van der Waals surface area contributed by atoms with E-state index in [0.29, 0.717) is 24.0 Å². The Labute approximate surface area is 129 Å². The fourth-order valence-electron chi connectivity index (χ4n) is 2.97. The number of carbonyl (C=O) groups is 3. The van der Waals surface area contributed by atoms with Gasteiger partial charge in [-0.05, 0) is 24.5 Å². The van der Waals surface area contributed by atoms with Crippen LogP contribution in [0.4, 0.5) is 0 Å². The molecule has 2 N–H and O–H groups in total. The normalized spacial score (nSPS) is 16.1. The minimum atomic E-state index is -0.969. The summed E-state index contributed by atoms with van der Waals surface area (Å²) in [5.74, 6) is -1.66. The first-order chi connectivity index (χ1) is 10.5. The summed E-state index contributed by atoms with van der Waals surface area (Å²) in [4.78, 5) is 37.6. The van der Waals surface area contributed by atoms with Crippen LogP contribution in [0.3, 0.4) is 0 Å². The summed E-state index contributed by atoms with van der Waals surface area (Å²) in [6.07, 6.45) is 3.96.